The van der Waals surface area contributed by atoms with Gasteiger partial charge in [0.2, 0.25) is 0 Å². The molecule has 2 amide bonds. The van der Waals surface area contributed by atoms with Crippen molar-refractivity contribution in [2.45, 2.75) is 38.1 Å². The molecule has 0 aliphatic heterocycles. The number of nitriles is 1. The molecule has 1 aromatic carbocycles. The van der Waals surface area contributed by atoms with Crippen molar-refractivity contribution < 1.29 is 14.7 Å². The van der Waals surface area contributed by atoms with Crippen molar-refractivity contribution in [2.75, 3.05) is 5.32 Å². The second-order valence-electron chi connectivity index (χ2n) is 5.31. The van der Waals surface area contributed by atoms with Crippen molar-refractivity contribution in [3.05, 3.63) is 29.3 Å². The SMILES string of the molecule is Cc1ccc(C#N)cc1NC(=O)NC1(C(=O)O)CCCC1. The van der Waals surface area contributed by atoms with Crippen molar-refractivity contribution >= 4 is 17.7 Å². The summed E-state index contributed by atoms with van der Waals surface area (Å²) in [5.74, 6) is -1.00. The highest BCUT2D eigenvalue weighted by molar-refractivity contribution is 5.94. The van der Waals surface area contributed by atoms with Crippen LogP contribution in [0.4, 0.5) is 10.5 Å². The Balaban J connectivity index is 2.12. The number of benzene rings is 1. The Morgan fingerprint density at radius 2 is 2.00 bits per heavy atom. The summed E-state index contributed by atoms with van der Waals surface area (Å²) >= 11 is 0. The fraction of sp³-hybridized carbons (Fsp3) is 0.400. The summed E-state index contributed by atoms with van der Waals surface area (Å²) in [4.78, 5) is 23.5. The summed E-state index contributed by atoms with van der Waals surface area (Å²) < 4.78 is 0. The Morgan fingerprint density at radius 3 is 2.57 bits per heavy atom. The van der Waals surface area contributed by atoms with Gasteiger partial charge in [0.1, 0.15) is 5.54 Å². The molecule has 0 spiro atoms. The van der Waals surface area contributed by atoms with E-state index < -0.39 is 17.5 Å². The van der Waals surface area contributed by atoms with E-state index in [1.807, 2.05) is 6.07 Å². The Kier molecular flexibility index (Phi) is 4.13. The lowest BCUT2D eigenvalue weighted by atomic mass is 9.98. The first-order chi connectivity index (χ1) is 9.97. The van der Waals surface area contributed by atoms with E-state index in [0.29, 0.717) is 24.1 Å². The molecule has 2 rings (SSSR count). The van der Waals surface area contributed by atoms with Crippen molar-refractivity contribution in [2.24, 2.45) is 0 Å². The minimum atomic E-state index is -1.18. The number of carbonyl (C=O) groups excluding carboxylic acids is 1. The Hall–Kier alpha value is -2.55. The van der Waals surface area contributed by atoms with Gasteiger partial charge in [0.15, 0.2) is 0 Å². The highest BCUT2D eigenvalue weighted by atomic mass is 16.4. The molecule has 0 atom stereocenters. The minimum absolute atomic E-state index is 0.435. The van der Waals surface area contributed by atoms with E-state index in [-0.39, 0.29) is 0 Å². The van der Waals surface area contributed by atoms with Crippen LogP contribution in [0.5, 0.6) is 0 Å². The molecule has 1 aliphatic carbocycles. The zero-order valence-electron chi connectivity index (χ0n) is 11.8. The normalized spacial score (nSPS) is 16.0. The smallest absolute Gasteiger partial charge is 0.329 e. The molecular weight excluding hydrogens is 270 g/mol. The number of aliphatic carboxylic acids is 1. The first-order valence-electron chi connectivity index (χ1n) is 6.80. The Labute approximate surface area is 122 Å². The van der Waals surface area contributed by atoms with E-state index in [4.69, 9.17) is 5.26 Å². The summed E-state index contributed by atoms with van der Waals surface area (Å²) in [6.07, 6.45) is 2.45. The van der Waals surface area contributed by atoms with Gasteiger partial charge in [-0.05, 0) is 37.5 Å². The number of nitrogens with zero attached hydrogens (tertiary/aromatic N) is 1. The zero-order chi connectivity index (χ0) is 15.5. The third kappa shape index (κ3) is 3.14. The maximum atomic E-state index is 12.1. The summed E-state index contributed by atoms with van der Waals surface area (Å²) in [5, 5.41) is 23.4. The van der Waals surface area contributed by atoms with Gasteiger partial charge in [-0.2, -0.15) is 5.26 Å². The van der Waals surface area contributed by atoms with Gasteiger partial charge in [-0.1, -0.05) is 18.9 Å². The number of hydrogen-bond donors (Lipinski definition) is 3. The number of carboxylic acids is 1. The number of aryl methyl sites for hydroxylation is 1. The number of urea groups is 1. The van der Waals surface area contributed by atoms with Crippen molar-refractivity contribution in [1.29, 1.82) is 5.26 Å². The van der Waals surface area contributed by atoms with Gasteiger partial charge in [0.05, 0.1) is 11.6 Å². The molecule has 0 heterocycles. The molecule has 1 aromatic rings. The van der Waals surface area contributed by atoms with E-state index in [0.717, 1.165) is 18.4 Å². The molecule has 1 saturated carbocycles. The van der Waals surface area contributed by atoms with E-state index >= 15 is 0 Å². The van der Waals surface area contributed by atoms with Crippen LogP contribution in [-0.4, -0.2) is 22.6 Å². The molecular formula is C15H17N3O3. The molecule has 0 unspecified atom stereocenters. The van der Waals surface area contributed by atoms with Crippen LogP contribution >= 0.6 is 0 Å². The second-order valence-corrected chi connectivity index (χ2v) is 5.31. The molecule has 0 bridgehead atoms. The van der Waals surface area contributed by atoms with Crippen molar-refractivity contribution in [1.82, 2.24) is 5.32 Å². The lowest BCUT2D eigenvalue weighted by Gasteiger charge is -2.25. The van der Waals surface area contributed by atoms with E-state index in [2.05, 4.69) is 10.6 Å². The second kappa shape index (κ2) is 5.83. The van der Waals surface area contributed by atoms with Gasteiger partial charge < -0.3 is 15.7 Å². The lowest BCUT2D eigenvalue weighted by molar-refractivity contribution is -0.144. The number of nitrogens with one attached hydrogen (secondary N) is 2. The Morgan fingerprint density at radius 1 is 1.33 bits per heavy atom. The summed E-state index contributed by atoms with van der Waals surface area (Å²) in [6, 6.07) is 6.40. The molecule has 1 fully saturated rings. The van der Waals surface area contributed by atoms with Crippen molar-refractivity contribution in [3.63, 3.8) is 0 Å². The predicted molar refractivity (Wildman–Crippen MR) is 76.9 cm³/mol. The molecule has 110 valence electrons. The molecule has 6 nitrogen and oxygen atoms in total. The van der Waals surface area contributed by atoms with Crippen LogP contribution in [-0.2, 0) is 4.79 Å². The van der Waals surface area contributed by atoms with Crippen LogP contribution < -0.4 is 10.6 Å². The largest absolute Gasteiger partial charge is 0.480 e. The Bertz CT molecular complexity index is 613. The van der Waals surface area contributed by atoms with Gasteiger partial charge in [0.25, 0.3) is 0 Å². The third-order valence-electron chi connectivity index (χ3n) is 3.83. The lowest BCUT2D eigenvalue weighted by Crippen LogP contribution is -2.53. The first kappa shape index (κ1) is 14.9. The van der Waals surface area contributed by atoms with Gasteiger partial charge in [-0.15, -0.1) is 0 Å². The zero-order valence-corrected chi connectivity index (χ0v) is 11.8. The van der Waals surface area contributed by atoms with Gasteiger partial charge in [-0.25, -0.2) is 9.59 Å². The fourth-order valence-corrected chi connectivity index (χ4v) is 2.57. The minimum Gasteiger partial charge on any atom is -0.480 e. The number of amides is 2. The van der Waals surface area contributed by atoms with Crippen LogP contribution in [0.1, 0.15) is 36.8 Å². The average molecular weight is 287 g/mol. The maximum absolute atomic E-state index is 12.1. The quantitative estimate of drug-likeness (QED) is 0.794. The van der Waals surface area contributed by atoms with E-state index in [1.54, 1.807) is 25.1 Å². The van der Waals surface area contributed by atoms with E-state index in [9.17, 15) is 14.7 Å². The van der Waals surface area contributed by atoms with Crippen LogP contribution in [0.25, 0.3) is 0 Å². The fourth-order valence-electron chi connectivity index (χ4n) is 2.57. The van der Waals surface area contributed by atoms with Crippen LogP contribution in [0.2, 0.25) is 0 Å². The number of anilines is 1. The number of carbonyl (C=O) groups is 2. The predicted octanol–water partition coefficient (Wildman–Crippen LogP) is 2.39. The average Bonchev–Trinajstić information content (AvgIpc) is 2.91. The van der Waals surface area contributed by atoms with E-state index in [1.165, 1.54) is 0 Å². The number of carboxylic acid groups (broad SMARTS) is 1. The maximum Gasteiger partial charge on any atom is 0.329 e. The molecule has 0 saturated heterocycles. The molecule has 0 aromatic heterocycles. The molecule has 21 heavy (non-hydrogen) atoms. The monoisotopic (exact) mass is 287 g/mol. The van der Waals surface area contributed by atoms with Gasteiger partial charge in [0, 0.05) is 5.69 Å². The third-order valence-corrected chi connectivity index (χ3v) is 3.83. The topological polar surface area (TPSA) is 102 Å². The molecule has 1 aliphatic rings. The number of rotatable bonds is 3. The molecule has 3 N–H and O–H groups in total. The van der Waals surface area contributed by atoms with Crippen molar-refractivity contribution in [3.8, 4) is 6.07 Å². The molecule has 0 radical (unpaired) electrons. The standard InChI is InChI=1S/C15H17N3O3/c1-10-4-5-11(9-16)8-12(10)17-14(21)18-15(13(19)20)6-2-3-7-15/h4-5,8H,2-3,6-7H2,1H3,(H,19,20)(H2,17,18,21). The van der Waals surface area contributed by atoms with Crippen LogP contribution in [0.3, 0.4) is 0 Å². The summed E-state index contributed by atoms with van der Waals surface area (Å²) in [5.41, 5.74) is 0.569. The summed E-state index contributed by atoms with van der Waals surface area (Å²) in [7, 11) is 0. The van der Waals surface area contributed by atoms with Crippen LogP contribution in [0.15, 0.2) is 18.2 Å². The highest BCUT2D eigenvalue weighted by Crippen LogP contribution is 2.30. The first-order valence-corrected chi connectivity index (χ1v) is 6.80. The van der Waals surface area contributed by atoms with Gasteiger partial charge in [-0.3, -0.25) is 0 Å². The van der Waals surface area contributed by atoms with Crippen LogP contribution in [0, 0.1) is 18.3 Å². The highest BCUT2D eigenvalue weighted by Gasteiger charge is 2.42. The number of hydrogen-bond acceptors (Lipinski definition) is 3. The molecule has 6 heteroatoms. The summed E-state index contributed by atoms with van der Waals surface area (Å²) in [6.45, 7) is 1.80. The van der Waals surface area contributed by atoms with Gasteiger partial charge >= 0.3 is 12.0 Å².